The molecule has 7 heavy (non-hydrogen) atoms. The van der Waals surface area contributed by atoms with Crippen LogP contribution in [0.25, 0.3) is 0 Å². The third-order valence-electron chi connectivity index (χ3n) is 0. The fraction of sp³-hybridized carbons (Fsp3) is 0. The van der Waals surface area contributed by atoms with Crippen LogP contribution in [-0.2, 0) is 0 Å². The van der Waals surface area contributed by atoms with Crippen LogP contribution in [0.2, 0.25) is 0 Å². The second kappa shape index (κ2) is 59.9. The molecule has 0 fully saturated rings. The summed E-state index contributed by atoms with van der Waals surface area (Å²) in [4.78, 5) is 0. The monoisotopic (exact) mass is 430 g/mol. The first-order valence-electron chi connectivity index (χ1n) is 0. The molecule has 0 nitrogen and oxygen atoms in total. The van der Waals surface area contributed by atoms with Crippen molar-refractivity contribution in [3.8, 4) is 0 Å². The molecule has 0 rings (SSSR count). The molecule has 0 amide bonds. The molecule has 0 bridgehead atoms. The van der Waals surface area contributed by atoms with Gasteiger partial charge in [-0.2, -0.15) is 0 Å². The molecule has 0 saturated carbocycles. The van der Waals surface area contributed by atoms with Crippen molar-refractivity contribution in [3.63, 3.8) is 0 Å². The molecule has 0 aliphatic heterocycles. The average molecular weight is 435 g/mol. The molecule has 0 aliphatic rings. The molecule has 0 heterocycles. The van der Waals surface area contributed by atoms with E-state index in [1.165, 1.54) is 0 Å². The molecule has 0 saturated heterocycles. The minimum atomic E-state index is 0. The molecule has 0 aromatic carbocycles. The SMILES string of the molecule is [B+3].[Br-].[Br-].[Br-].[Br-].[Br-].[Mg+2]. The molecular formula is BBr5Mg. The maximum Gasteiger partial charge on any atom is 3.00 e. The van der Waals surface area contributed by atoms with Crippen molar-refractivity contribution in [2.24, 2.45) is 0 Å². The van der Waals surface area contributed by atoms with Crippen molar-refractivity contribution in [2.75, 3.05) is 0 Å². The van der Waals surface area contributed by atoms with Crippen LogP contribution in [0.15, 0.2) is 0 Å². The third kappa shape index (κ3) is 46.2. The van der Waals surface area contributed by atoms with Crippen LogP contribution in [0.4, 0.5) is 0 Å². The summed E-state index contributed by atoms with van der Waals surface area (Å²) in [6, 6.07) is 0. The Morgan fingerprint density at radius 2 is 0.429 bits per heavy atom. The Morgan fingerprint density at radius 1 is 0.429 bits per heavy atom. The molecule has 0 spiro atoms. The molecule has 0 aromatic heterocycles. The summed E-state index contributed by atoms with van der Waals surface area (Å²) in [6.45, 7) is 0. The van der Waals surface area contributed by atoms with Gasteiger partial charge in [0.25, 0.3) is 0 Å². The van der Waals surface area contributed by atoms with Crippen molar-refractivity contribution in [1.29, 1.82) is 0 Å². The molecule has 0 atom stereocenters. The maximum atomic E-state index is 0. The number of hydrogen-bond acceptors (Lipinski definition) is 0. The van der Waals surface area contributed by atoms with Gasteiger partial charge < -0.3 is 84.9 Å². The fourth-order valence-electron chi connectivity index (χ4n) is 0. The number of hydrogen-bond donors (Lipinski definition) is 0. The van der Waals surface area contributed by atoms with Crippen LogP contribution in [-0.4, -0.2) is 31.5 Å². The smallest absolute Gasteiger partial charge is 1.00 e. The van der Waals surface area contributed by atoms with Crippen LogP contribution in [0.1, 0.15) is 0 Å². The predicted molar refractivity (Wildman–Crippen MR) is 11.5 cm³/mol. The van der Waals surface area contributed by atoms with Crippen LogP contribution in [0.3, 0.4) is 0 Å². The molecular weight excluding hydrogens is 435 g/mol. The standard InChI is InChI=1S/B.5BrH.Mg/h;5*1H;/q+3;;;;;;+2/p-5. The van der Waals surface area contributed by atoms with E-state index >= 15 is 0 Å². The normalized spacial score (nSPS) is 0. The Hall–Kier alpha value is 3.23. The molecule has 0 radical (unpaired) electrons. The molecule has 7 heteroatoms. The van der Waals surface area contributed by atoms with Gasteiger partial charge in [-0.05, 0) is 0 Å². The van der Waals surface area contributed by atoms with E-state index in [9.17, 15) is 0 Å². The van der Waals surface area contributed by atoms with E-state index < -0.39 is 0 Å². The molecule has 40 valence electrons. The Balaban J connectivity index is 0. The maximum absolute atomic E-state index is 0. The quantitative estimate of drug-likeness (QED) is 0.332. The van der Waals surface area contributed by atoms with E-state index in [4.69, 9.17) is 0 Å². The number of rotatable bonds is 0. The predicted octanol–water partition coefficient (Wildman–Crippen LogP) is -15.7. The summed E-state index contributed by atoms with van der Waals surface area (Å²) in [5.74, 6) is 0. The molecule has 0 unspecified atom stereocenters. The van der Waals surface area contributed by atoms with E-state index in [1.54, 1.807) is 0 Å². The van der Waals surface area contributed by atoms with Gasteiger partial charge in [0.1, 0.15) is 0 Å². The van der Waals surface area contributed by atoms with Gasteiger partial charge in [-0.1, -0.05) is 0 Å². The minimum absolute atomic E-state index is 0. The topological polar surface area (TPSA) is 0 Å². The summed E-state index contributed by atoms with van der Waals surface area (Å²) >= 11 is 0. The summed E-state index contributed by atoms with van der Waals surface area (Å²) in [5, 5.41) is 0. The van der Waals surface area contributed by atoms with Crippen molar-refractivity contribution in [3.05, 3.63) is 0 Å². The van der Waals surface area contributed by atoms with Crippen LogP contribution < -0.4 is 84.9 Å². The van der Waals surface area contributed by atoms with E-state index in [0.29, 0.717) is 0 Å². The Labute approximate surface area is 115 Å². The van der Waals surface area contributed by atoms with Crippen molar-refractivity contribution < 1.29 is 84.9 Å². The first kappa shape index (κ1) is 83.5. The summed E-state index contributed by atoms with van der Waals surface area (Å²) in [6.07, 6.45) is 0. The molecule has 0 aromatic rings. The van der Waals surface area contributed by atoms with E-state index in [1.807, 2.05) is 0 Å². The van der Waals surface area contributed by atoms with Crippen molar-refractivity contribution in [2.45, 2.75) is 0 Å². The third-order valence-corrected chi connectivity index (χ3v) is 0. The summed E-state index contributed by atoms with van der Waals surface area (Å²) in [7, 11) is 0. The van der Waals surface area contributed by atoms with E-state index in [0.717, 1.165) is 0 Å². The summed E-state index contributed by atoms with van der Waals surface area (Å²) < 4.78 is 0. The first-order chi connectivity index (χ1) is 0. The van der Waals surface area contributed by atoms with Gasteiger partial charge in [-0.3, -0.25) is 0 Å². The second-order valence-corrected chi connectivity index (χ2v) is 0. The van der Waals surface area contributed by atoms with Crippen LogP contribution >= 0.6 is 0 Å². The van der Waals surface area contributed by atoms with Crippen LogP contribution in [0.5, 0.6) is 0 Å². The first-order valence-corrected chi connectivity index (χ1v) is 0. The van der Waals surface area contributed by atoms with E-state index in [2.05, 4.69) is 0 Å². The van der Waals surface area contributed by atoms with Crippen LogP contribution in [0, 0.1) is 0 Å². The molecule has 0 aliphatic carbocycles. The van der Waals surface area contributed by atoms with Gasteiger partial charge in [0, 0.05) is 0 Å². The number of halogens is 5. The van der Waals surface area contributed by atoms with Gasteiger partial charge in [0.2, 0.25) is 0 Å². The van der Waals surface area contributed by atoms with Gasteiger partial charge in [-0.25, -0.2) is 0 Å². The van der Waals surface area contributed by atoms with Crippen molar-refractivity contribution >= 4 is 31.5 Å². The van der Waals surface area contributed by atoms with Gasteiger partial charge in [-0.15, -0.1) is 0 Å². The molecule has 0 N–H and O–H groups in total. The van der Waals surface area contributed by atoms with Crippen molar-refractivity contribution in [1.82, 2.24) is 0 Å². The largest absolute Gasteiger partial charge is 3.00 e. The zero-order valence-corrected chi connectivity index (χ0v) is 12.5. The van der Waals surface area contributed by atoms with Gasteiger partial charge in [0.05, 0.1) is 0 Å². The zero-order chi connectivity index (χ0) is 0. The second-order valence-electron chi connectivity index (χ2n) is 0. The average Bonchev–Trinajstić information content (AvgIpc) is 0. The zero-order valence-electron chi connectivity index (χ0n) is 3.17. The van der Waals surface area contributed by atoms with E-state index in [-0.39, 0.29) is 116 Å². The summed E-state index contributed by atoms with van der Waals surface area (Å²) in [5.41, 5.74) is 0. The Morgan fingerprint density at radius 3 is 0.429 bits per heavy atom. The Bertz CT molecular complexity index is 8.04. The van der Waals surface area contributed by atoms with Gasteiger partial charge >= 0.3 is 31.5 Å². The van der Waals surface area contributed by atoms with Gasteiger partial charge in [0.15, 0.2) is 0 Å². The Kier molecular flexibility index (Phi) is 715. The minimum Gasteiger partial charge on any atom is -1.00 e. The fourth-order valence-corrected chi connectivity index (χ4v) is 0.